The number of carboxylic acid groups (broad SMARTS) is 1. The van der Waals surface area contributed by atoms with Crippen LogP contribution in [0.3, 0.4) is 0 Å². The number of carbonyl (C=O) groups excluding carboxylic acids is 1. The second-order valence-electron chi connectivity index (χ2n) is 6.46. The maximum Gasteiger partial charge on any atom is 0.314 e. The summed E-state index contributed by atoms with van der Waals surface area (Å²) in [4.78, 5) is 26.3. The molecule has 0 bridgehead atoms. The zero-order chi connectivity index (χ0) is 18.0. The number of hydrogen-bond acceptors (Lipinski definition) is 2. The molecule has 1 aliphatic rings. The van der Waals surface area contributed by atoms with Crippen molar-refractivity contribution >= 4 is 11.9 Å². The van der Waals surface area contributed by atoms with Crippen molar-refractivity contribution in [3.63, 3.8) is 0 Å². The van der Waals surface area contributed by atoms with Crippen LogP contribution in [0.1, 0.15) is 34.3 Å². The quantitative estimate of drug-likeness (QED) is 0.931. The number of benzene rings is 2. The van der Waals surface area contributed by atoms with Crippen LogP contribution in [0.2, 0.25) is 0 Å². The van der Waals surface area contributed by atoms with Crippen molar-refractivity contribution in [1.29, 1.82) is 0 Å². The van der Waals surface area contributed by atoms with Gasteiger partial charge in [0.15, 0.2) is 0 Å². The number of carbonyl (C=O) groups is 2. The van der Waals surface area contributed by atoms with E-state index in [0.29, 0.717) is 37.1 Å². The van der Waals surface area contributed by atoms with Crippen LogP contribution in [0.4, 0.5) is 4.39 Å². The number of rotatable bonds is 3. The maximum absolute atomic E-state index is 13.7. The molecule has 0 aliphatic carbocycles. The van der Waals surface area contributed by atoms with E-state index in [9.17, 15) is 19.1 Å². The highest BCUT2D eigenvalue weighted by Gasteiger charge is 2.44. The average molecular weight is 341 g/mol. The monoisotopic (exact) mass is 341 g/mol. The summed E-state index contributed by atoms with van der Waals surface area (Å²) in [5.74, 6) is -1.52. The summed E-state index contributed by atoms with van der Waals surface area (Å²) < 4.78 is 13.7. The molecule has 0 radical (unpaired) electrons. The van der Waals surface area contributed by atoms with Crippen LogP contribution in [0.5, 0.6) is 0 Å². The van der Waals surface area contributed by atoms with Gasteiger partial charge in [-0.3, -0.25) is 9.59 Å². The maximum atomic E-state index is 13.7. The second-order valence-corrected chi connectivity index (χ2v) is 6.46. The number of halogens is 1. The van der Waals surface area contributed by atoms with Gasteiger partial charge in [0.25, 0.3) is 5.91 Å². The Morgan fingerprint density at radius 1 is 1.04 bits per heavy atom. The van der Waals surface area contributed by atoms with E-state index >= 15 is 0 Å². The summed E-state index contributed by atoms with van der Waals surface area (Å²) in [6.07, 6.45) is 0.679. The molecule has 1 saturated heterocycles. The summed E-state index contributed by atoms with van der Waals surface area (Å²) in [5, 5.41) is 9.81. The minimum absolute atomic E-state index is 0.246. The molecule has 4 nitrogen and oxygen atoms in total. The molecular weight excluding hydrogens is 321 g/mol. The Labute approximate surface area is 145 Å². The Morgan fingerprint density at radius 3 is 2.28 bits per heavy atom. The van der Waals surface area contributed by atoms with Gasteiger partial charge in [-0.25, -0.2) is 4.39 Å². The van der Waals surface area contributed by atoms with Crippen LogP contribution in [-0.2, 0) is 10.2 Å². The number of piperidine rings is 1. The van der Waals surface area contributed by atoms with E-state index in [1.807, 2.05) is 30.3 Å². The topological polar surface area (TPSA) is 57.6 Å². The largest absolute Gasteiger partial charge is 0.481 e. The lowest BCUT2D eigenvalue weighted by Crippen LogP contribution is -2.49. The van der Waals surface area contributed by atoms with Gasteiger partial charge in [0, 0.05) is 18.7 Å². The highest BCUT2D eigenvalue weighted by molar-refractivity contribution is 5.96. The predicted molar refractivity (Wildman–Crippen MR) is 92.0 cm³/mol. The smallest absolute Gasteiger partial charge is 0.314 e. The molecule has 0 unspecified atom stereocenters. The Bertz CT molecular complexity index is 796. The second kappa shape index (κ2) is 6.67. The fraction of sp³-hybridized carbons (Fsp3) is 0.300. The van der Waals surface area contributed by atoms with Gasteiger partial charge < -0.3 is 10.0 Å². The third-order valence-electron chi connectivity index (χ3n) is 5.14. The number of carboxylic acids is 1. The predicted octanol–water partition coefficient (Wildman–Crippen LogP) is 3.39. The lowest BCUT2D eigenvalue weighted by atomic mass is 9.72. The number of amides is 1. The highest BCUT2D eigenvalue weighted by Crippen LogP contribution is 2.36. The van der Waals surface area contributed by atoms with Crippen molar-refractivity contribution in [3.8, 4) is 0 Å². The molecule has 1 heterocycles. The molecule has 0 atom stereocenters. The minimum atomic E-state index is -0.977. The lowest BCUT2D eigenvalue weighted by Gasteiger charge is -2.39. The summed E-state index contributed by atoms with van der Waals surface area (Å²) >= 11 is 0. The lowest BCUT2D eigenvalue weighted by molar-refractivity contribution is -0.145. The van der Waals surface area contributed by atoms with E-state index in [1.165, 1.54) is 12.1 Å². The molecule has 0 spiro atoms. The fourth-order valence-electron chi connectivity index (χ4n) is 3.48. The first-order valence-corrected chi connectivity index (χ1v) is 8.29. The van der Waals surface area contributed by atoms with Crippen molar-refractivity contribution in [2.24, 2.45) is 0 Å². The molecule has 2 aromatic carbocycles. The molecule has 0 saturated carbocycles. The van der Waals surface area contributed by atoms with E-state index in [-0.39, 0.29) is 5.91 Å². The normalized spacial score (nSPS) is 16.5. The third kappa shape index (κ3) is 3.02. The molecule has 1 N–H and O–H groups in total. The van der Waals surface area contributed by atoms with Crippen molar-refractivity contribution in [2.75, 3.05) is 13.1 Å². The molecule has 25 heavy (non-hydrogen) atoms. The Kier molecular flexibility index (Phi) is 4.57. The number of hydrogen-bond donors (Lipinski definition) is 1. The first kappa shape index (κ1) is 17.1. The van der Waals surface area contributed by atoms with Gasteiger partial charge in [0.05, 0.1) is 5.41 Å². The highest BCUT2D eigenvalue weighted by atomic mass is 19.1. The molecule has 5 heteroatoms. The molecular formula is C20H20FNO3. The number of aliphatic carboxylic acids is 1. The first-order valence-electron chi connectivity index (χ1n) is 8.29. The van der Waals surface area contributed by atoms with E-state index in [4.69, 9.17) is 0 Å². The molecule has 3 rings (SSSR count). The fourth-order valence-corrected chi connectivity index (χ4v) is 3.48. The van der Waals surface area contributed by atoms with Crippen LogP contribution < -0.4 is 0 Å². The SMILES string of the molecule is Cc1c(F)cccc1C(=O)N1CCC(C(=O)O)(c2ccccc2)CC1. The number of nitrogens with zero attached hydrogens (tertiary/aromatic N) is 1. The summed E-state index contributed by atoms with van der Waals surface area (Å²) in [7, 11) is 0. The van der Waals surface area contributed by atoms with Crippen LogP contribution in [-0.4, -0.2) is 35.0 Å². The average Bonchev–Trinajstić information content (AvgIpc) is 2.64. The van der Waals surface area contributed by atoms with Gasteiger partial charge in [-0.1, -0.05) is 36.4 Å². The summed E-state index contributed by atoms with van der Waals surface area (Å²) in [6, 6.07) is 13.6. The number of likely N-dealkylation sites (tertiary alicyclic amines) is 1. The van der Waals surface area contributed by atoms with Gasteiger partial charge in [0.1, 0.15) is 5.82 Å². The van der Waals surface area contributed by atoms with Crippen molar-refractivity contribution in [3.05, 3.63) is 71.0 Å². The molecule has 130 valence electrons. The Balaban J connectivity index is 1.82. The van der Waals surface area contributed by atoms with Crippen molar-refractivity contribution < 1.29 is 19.1 Å². The van der Waals surface area contributed by atoms with Crippen LogP contribution in [0.25, 0.3) is 0 Å². The zero-order valence-electron chi connectivity index (χ0n) is 14.0. The summed E-state index contributed by atoms with van der Waals surface area (Å²) in [6.45, 7) is 2.24. The van der Waals surface area contributed by atoms with Gasteiger partial charge >= 0.3 is 5.97 Å². The van der Waals surface area contributed by atoms with Gasteiger partial charge in [0.2, 0.25) is 0 Å². The first-order chi connectivity index (χ1) is 12.0. The van der Waals surface area contributed by atoms with Crippen LogP contribution in [0, 0.1) is 12.7 Å². The summed E-state index contributed by atoms with van der Waals surface area (Å²) in [5.41, 5.74) is 0.444. The van der Waals surface area contributed by atoms with E-state index in [0.717, 1.165) is 5.56 Å². The molecule has 0 aromatic heterocycles. The molecule has 1 fully saturated rings. The van der Waals surface area contributed by atoms with Crippen molar-refractivity contribution in [2.45, 2.75) is 25.2 Å². The third-order valence-corrected chi connectivity index (χ3v) is 5.14. The molecule has 1 aliphatic heterocycles. The Hall–Kier alpha value is -2.69. The standard InChI is InChI=1S/C20H20FNO3/c1-14-16(8-5-9-17(14)21)18(23)22-12-10-20(11-13-22,19(24)25)15-6-3-2-4-7-15/h2-9H,10-13H2,1H3,(H,24,25). The van der Waals surface area contributed by atoms with Crippen LogP contribution in [0.15, 0.2) is 48.5 Å². The van der Waals surface area contributed by atoms with Gasteiger partial charge in [-0.2, -0.15) is 0 Å². The van der Waals surface area contributed by atoms with E-state index in [2.05, 4.69) is 0 Å². The van der Waals surface area contributed by atoms with E-state index in [1.54, 1.807) is 17.9 Å². The molecule has 2 aromatic rings. The van der Waals surface area contributed by atoms with Crippen LogP contribution >= 0.6 is 0 Å². The van der Waals surface area contributed by atoms with Crippen molar-refractivity contribution in [1.82, 2.24) is 4.90 Å². The molecule has 1 amide bonds. The zero-order valence-corrected chi connectivity index (χ0v) is 14.0. The minimum Gasteiger partial charge on any atom is -0.481 e. The van der Waals surface area contributed by atoms with E-state index < -0.39 is 17.2 Å². The van der Waals surface area contributed by atoms with Gasteiger partial charge in [-0.05, 0) is 43.0 Å². The Morgan fingerprint density at radius 2 is 1.68 bits per heavy atom. The van der Waals surface area contributed by atoms with Gasteiger partial charge in [-0.15, -0.1) is 0 Å².